The smallest absolute Gasteiger partial charge is 0.169 e. The zero-order valence-electron chi connectivity index (χ0n) is 22.9. The van der Waals surface area contributed by atoms with Crippen LogP contribution in [0.15, 0.2) is 71.7 Å². The number of nitrogens with zero attached hydrogens (tertiary/aromatic N) is 1. The van der Waals surface area contributed by atoms with Crippen molar-refractivity contribution < 1.29 is 14.6 Å². The van der Waals surface area contributed by atoms with Crippen LogP contribution in [0, 0.1) is 20.8 Å². The van der Waals surface area contributed by atoms with Gasteiger partial charge >= 0.3 is 0 Å². The zero-order valence-corrected chi connectivity index (χ0v) is 22.9. The summed E-state index contributed by atoms with van der Waals surface area (Å²) >= 11 is 0. The van der Waals surface area contributed by atoms with E-state index < -0.39 is 5.60 Å². The highest BCUT2D eigenvalue weighted by molar-refractivity contribution is 5.54. The maximum atomic E-state index is 11.5. The molecular formula is C31H40N2O3. The minimum atomic E-state index is -1.11. The number of aliphatic hydroxyl groups excluding tert-OH is 1. The molecule has 0 amide bonds. The fraction of sp³-hybridized carbons (Fsp3) is 0.387. The van der Waals surface area contributed by atoms with Gasteiger partial charge in [-0.2, -0.15) is 0 Å². The third kappa shape index (κ3) is 5.90. The Kier molecular flexibility index (Phi) is 8.80. The van der Waals surface area contributed by atoms with E-state index in [0.717, 1.165) is 39.4 Å². The molecule has 2 atom stereocenters. The molecule has 1 aliphatic rings. The van der Waals surface area contributed by atoms with Gasteiger partial charge in [0.2, 0.25) is 0 Å². The zero-order chi connectivity index (χ0) is 26.5. The van der Waals surface area contributed by atoms with Crippen molar-refractivity contribution in [3.8, 4) is 5.75 Å². The second kappa shape index (κ2) is 11.6. The molecule has 0 aliphatic heterocycles. The molecule has 3 rings (SSSR count). The van der Waals surface area contributed by atoms with Crippen LogP contribution in [0.25, 0.3) is 0 Å². The number of nitrogens with one attached hydrogen (secondary N) is 1. The average molecular weight is 489 g/mol. The van der Waals surface area contributed by atoms with Gasteiger partial charge in [-0.15, -0.1) is 0 Å². The largest absolute Gasteiger partial charge is 0.509 e. The number of benzene rings is 1. The molecule has 36 heavy (non-hydrogen) atoms. The number of aliphatic hydroxyl groups is 1. The van der Waals surface area contributed by atoms with Crippen LogP contribution in [0.3, 0.4) is 0 Å². The van der Waals surface area contributed by atoms with Crippen LogP contribution in [0.1, 0.15) is 61.4 Å². The monoisotopic (exact) mass is 488 g/mol. The first-order valence-electron chi connectivity index (χ1n) is 12.5. The van der Waals surface area contributed by atoms with Crippen molar-refractivity contribution in [2.75, 3.05) is 25.6 Å². The first-order chi connectivity index (χ1) is 17.1. The van der Waals surface area contributed by atoms with Crippen LogP contribution in [0.5, 0.6) is 5.75 Å². The van der Waals surface area contributed by atoms with Gasteiger partial charge in [-0.05, 0) is 95.0 Å². The summed E-state index contributed by atoms with van der Waals surface area (Å²) in [6, 6.07) is 5.95. The Hall–Kier alpha value is -3.31. The molecule has 0 radical (unpaired) electrons. The van der Waals surface area contributed by atoms with Gasteiger partial charge in [0.1, 0.15) is 17.3 Å². The predicted octanol–water partition coefficient (Wildman–Crippen LogP) is 7.37. The SMILES string of the molecule is COc1cc(C)c(C)c(C2C=CC(OCC=C(C)C)(c3ccc(NCC=C(C)C)nc3)C(O)=C2)c1C. The van der Waals surface area contributed by atoms with Crippen molar-refractivity contribution in [2.24, 2.45) is 0 Å². The fourth-order valence-electron chi connectivity index (χ4n) is 4.47. The van der Waals surface area contributed by atoms with Crippen LogP contribution in [-0.2, 0) is 10.3 Å². The molecule has 2 N–H and O–H groups in total. The minimum absolute atomic E-state index is 0.100. The second-order valence-corrected chi connectivity index (χ2v) is 9.92. The quantitative estimate of drug-likeness (QED) is 0.361. The minimum Gasteiger partial charge on any atom is -0.509 e. The molecule has 5 nitrogen and oxygen atoms in total. The average Bonchev–Trinajstić information content (AvgIpc) is 2.83. The summed E-state index contributed by atoms with van der Waals surface area (Å²) in [6.07, 6.45) is 11.9. The lowest BCUT2D eigenvalue weighted by atomic mass is 9.80. The molecule has 1 heterocycles. The number of ether oxygens (including phenoxy) is 2. The normalized spacial score (nSPS) is 18.9. The van der Waals surface area contributed by atoms with Crippen LogP contribution in [0.4, 0.5) is 5.82 Å². The number of pyridine rings is 1. The highest BCUT2D eigenvalue weighted by atomic mass is 16.5. The summed E-state index contributed by atoms with van der Waals surface area (Å²) in [5, 5.41) is 14.8. The molecule has 0 saturated carbocycles. The predicted molar refractivity (Wildman–Crippen MR) is 149 cm³/mol. The molecule has 1 aromatic heterocycles. The lowest BCUT2D eigenvalue weighted by molar-refractivity contribution is 0.000762. The Morgan fingerprint density at radius 3 is 2.39 bits per heavy atom. The Balaban J connectivity index is 2.00. The molecule has 1 aromatic carbocycles. The molecule has 0 saturated heterocycles. The molecule has 0 fully saturated rings. The summed E-state index contributed by atoms with van der Waals surface area (Å²) in [6.45, 7) is 15.5. The number of aryl methyl sites for hydroxylation is 1. The summed E-state index contributed by atoms with van der Waals surface area (Å²) < 4.78 is 12.0. The van der Waals surface area contributed by atoms with E-state index in [1.165, 1.54) is 11.1 Å². The van der Waals surface area contributed by atoms with E-state index in [9.17, 15) is 5.11 Å². The van der Waals surface area contributed by atoms with Crippen LogP contribution >= 0.6 is 0 Å². The maximum absolute atomic E-state index is 11.5. The Labute approximate surface area is 216 Å². The highest BCUT2D eigenvalue weighted by Gasteiger charge is 2.39. The fourth-order valence-corrected chi connectivity index (χ4v) is 4.47. The Morgan fingerprint density at radius 1 is 1.08 bits per heavy atom. The molecular weight excluding hydrogens is 448 g/mol. The van der Waals surface area contributed by atoms with E-state index >= 15 is 0 Å². The van der Waals surface area contributed by atoms with Crippen LogP contribution in [-0.4, -0.2) is 30.4 Å². The topological polar surface area (TPSA) is 63.6 Å². The van der Waals surface area contributed by atoms with Crippen molar-refractivity contribution >= 4 is 5.82 Å². The number of allylic oxidation sites excluding steroid dienone is 4. The van der Waals surface area contributed by atoms with Gasteiger partial charge in [-0.25, -0.2) is 4.98 Å². The van der Waals surface area contributed by atoms with Gasteiger partial charge in [-0.3, -0.25) is 0 Å². The molecule has 192 valence electrons. The van der Waals surface area contributed by atoms with Gasteiger partial charge < -0.3 is 19.9 Å². The van der Waals surface area contributed by atoms with Crippen molar-refractivity contribution in [2.45, 2.75) is 60.0 Å². The van der Waals surface area contributed by atoms with E-state index in [1.54, 1.807) is 13.3 Å². The van der Waals surface area contributed by atoms with Crippen LogP contribution in [0.2, 0.25) is 0 Å². The van der Waals surface area contributed by atoms with Gasteiger partial charge in [0.15, 0.2) is 5.60 Å². The lowest BCUT2D eigenvalue weighted by Crippen LogP contribution is -2.33. The summed E-state index contributed by atoms with van der Waals surface area (Å²) in [5.74, 6) is 1.68. The van der Waals surface area contributed by atoms with E-state index in [0.29, 0.717) is 13.2 Å². The van der Waals surface area contributed by atoms with Gasteiger partial charge in [-0.1, -0.05) is 35.4 Å². The van der Waals surface area contributed by atoms with Crippen molar-refractivity contribution in [1.29, 1.82) is 0 Å². The summed E-state index contributed by atoms with van der Waals surface area (Å²) in [4.78, 5) is 4.59. The Morgan fingerprint density at radius 2 is 1.81 bits per heavy atom. The standard InChI is InChI=1S/C31H40N2O3/c1-20(2)12-15-32-29-10-9-26(19-33-29)31(36-16-13-21(3)4)14-11-25(18-28(31)34)30-23(6)22(5)17-27(35-8)24(30)7/h9-14,17-19,25,34H,15-16H2,1-8H3,(H,32,33). The van der Waals surface area contributed by atoms with Crippen molar-refractivity contribution in [1.82, 2.24) is 4.98 Å². The highest BCUT2D eigenvalue weighted by Crippen LogP contribution is 2.43. The number of anilines is 1. The first-order valence-corrected chi connectivity index (χ1v) is 12.5. The first kappa shape index (κ1) is 27.3. The van der Waals surface area contributed by atoms with Crippen molar-refractivity contribution in [3.63, 3.8) is 0 Å². The van der Waals surface area contributed by atoms with E-state index in [2.05, 4.69) is 63.1 Å². The summed E-state index contributed by atoms with van der Waals surface area (Å²) in [7, 11) is 1.69. The molecule has 5 heteroatoms. The second-order valence-electron chi connectivity index (χ2n) is 9.92. The number of aromatic nitrogens is 1. The van der Waals surface area contributed by atoms with Gasteiger partial charge in [0, 0.05) is 24.2 Å². The third-order valence-electron chi connectivity index (χ3n) is 6.71. The van der Waals surface area contributed by atoms with Crippen LogP contribution < -0.4 is 10.1 Å². The summed E-state index contributed by atoms with van der Waals surface area (Å²) in [5.41, 5.74) is 6.64. The maximum Gasteiger partial charge on any atom is 0.169 e. The lowest BCUT2D eigenvalue weighted by Gasteiger charge is -2.35. The van der Waals surface area contributed by atoms with Gasteiger partial charge in [0.25, 0.3) is 0 Å². The van der Waals surface area contributed by atoms with E-state index in [1.807, 2.05) is 44.2 Å². The van der Waals surface area contributed by atoms with E-state index in [4.69, 9.17) is 9.47 Å². The molecule has 0 spiro atoms. The molecule has 2 unspecified atom stereocenters. The van der Waals surface area contributed by atoms with E-state index in [-0.39, 0.29) is 11.7 Å². The number of hydrogen-bond donors (Lipinski definition) is 2. The van der Waals surface area contributed by atoms with Crippen molar-refractivity contribution in [3.05, 3.63) is 99.5 Å². The number of rotatable bonds is 9. The number of methoxy groups -OCH3 is 1. The van der Waals surface area contributed by atoms with Gasteiger partial charge in [0.05, 0.1) is 13.7 Å². The number of hydrogen-bond acceptors (Lipinski definition) is 5. The molecule has 1 aliphatic carbocycles. The molecule has 0 bridgehead atoms. The third-order valence-corrected chi connectivity index (χ3v) is 6.71. The Bertz CT molecular complexity index is 1200. The molecule has 2 aromatic rings.